The van der Waals surface area contributed by atoms with Crippen molar-refractivity contribution >= 4 is 28.3 Å². The molecule has 0 atom stereocenters. The van der Waals surface area contributed by atoms with E-state index < -0.39 is 0 Å². The van der Waals surface area contributed by atoms with Crippen LogP contribution < -0.4 is 5.32 Å². The van der Waals surface area contributed by atoms with Crippen molar-refractivity contribution in [1.82, 2.24) is 0 Å². The van der Waals surface area contributed by atoms with Crippen molar-refractivity contribution in [2.45, 2.75) is 19.8 Å². The second kappa shape index (κ2) is 4.12. The van der Waals surface area contributed by atoms with Crippen molar-refractivity contribution in [2.24, 2.45) is 0 Å². The molecule has 0 saturated carbocycles. The first kappa shape index (κ1) is 9.84. The first-order chi connectivity index (χ1) is 5.65. The summed E-state index contributed by atoms with van der Waals surface area (Å²) in [7, 11) is 1.95. The largest absolute Gasteiger partial charge is 0.388 e. The molecule has 2 heteroatoms. The Morgan fingerprint density at radius 2 is 2.00 bits per heavy atom. The summed E-state index contributed by atoms with van der Waals surface area (Å²) in [5, 5.41) is 3.15. The maximum absolute atomic E-state index is 3.15. The molecule has 0 amide bonds. The van der Waals surface area contributed by atoms with Crippen molar-refractivity contribution < 1.29 is 0 Å². The maximum atomic E-state index is 3.15. The SMILES string of the molecule is CNc1ccc(I)c(C(C)C)c1. The average Bonchev–Trinajstić information content (AvgIpc) is 2.05. The predicted octanol–water partition coefficient (Wildman–Crippen LogP) is 3.46. The monoisotopic (exact) mass is 275 g/mol. The van der Waals surface area contributed by atoms with Gasteiger partial charge >= 0.3 is 0 Å². The van der Waals surface area contributed by atoms with Crippen molar-refractivity contribution in [1.29, 1.82) is 0 Å². The van der Waals surface area contributed by atoms with Gasteiger partial charge in [0.15, 0.2) is 0 Å². The predicted molar refractivity (Wildman–Crippen MR) is 62.8 cm³/mol. The average molecular weight is 275 g/mol. The van der Waals surface area contributed by atoms with E-state index in [1.165, 1.54) is 14.8 Å². The van der Waals surface area contributed by atoms with Gasteiger partial charge in [-0.1, -0.05) is 13.8 Å². The van der Waals surface area contributed by atoms with Crippen LogP contribution in [0.1, 0.15) is 25.3 Å². The van der Waals surface area contributed by atoms with Gasteiger partial charge in [0, 0.05) is 16.3 Å². The Bertz CT molecular complexity index is 269. The lowest BCUT2D eigenvalue weighted by molar-refractivity contribution is 0.860. The Morgan fingerprint density at radius 3 is 2.50 bits per heavy atom. The molecule has 1 N–H and O–H groups in total. The number of rotatable bonds is 2. The fraction of sp³-hybridized carbons (Fsp3) is 0.400. The number of halogens is 1. The Labute approximate surface area is 87.7 Å². The molecule has 0 aliphatic rings. The second-order valence-electron chi connectivity index (χ2n) is 3.14. The van der Waals surface area contributed by atoms with E-state index in [0.717, 1.165) is 0 Å². The third-order valence-corrected chi connectivity index (χ3v) is 2.89. The van der Waals surface area contributed by atoms with Crippen LogP contribution in [0.2, 0.25) is 0 Å². The quantitative estimate of drug-likeness (QED) is 0.815. The second-order valence-corrected chi connectivity index (χ2v) is 4.30. The lowest BCUT2D eigenvalue weighted by atomic mass is 10.0. The molecule has 0 aliphatic heterocycles. The molecule has 1 aromatic rings. The van der Waals surface area contributed by atoms with E-state index in [-0.39, 0.29) is 0 Å². The molecular formula is C10H14IN. The van der Waals surface area contributed by atoms with Gasteiger partial charge in [0.1, 0.15) is 0 Å². The molecule has 0 heterocycles. The van der Waals surface area contributed by atoms with Gasteiger partial charge in [-0.25, -0.2) is 0 Å². The Kier molecular flexibility index (Phi) is 3.38. The summed E-state index contributed by atoms with van der Waals surface area (Å²) in [5.41, 5.74) is 2.61. The molecule has 1 nitrogen and oxygen atoms in total. The molecule has 0 saturated heterocycles. The van der Waals surface area contributed by atoms with Gasteiger partial charge in [0.05, 0.1) is 0 Å². The van der Waals surface area contributed by atoms with Crippen LogP contribution in [0, 0.1) is 3.57 Å². The summed E-state index contributed by atoms with van der Waals surface area (Å²) < 4.78 is 1.35. The summed E-state index contributed by atoms with van der Waals surface area (Å²) >= 11 is 2.38. The Balaban J connectivity index is 3.08. The van der Waals surface area contributed by atoms with Gasteiger partial charge in [-0.15, -0.1) is 0 Å². The first-order valence-electron chi connectivity index (χ1n) is 4.12. The van der Waals surface area contributed by atoms with Crippen LogP contribution in [0.3, 0.4) is 0 Å². The van der Waals surface area contributed by atoms with E-state index >= 15 is 0 Å². The molecule has 0 bridgehead atoms. The molecule has 0 radical (unpaired) electrons. The highest BCUT2D eigenvalue weighted by atomic mass is 127. The minimum Gasteiger partial charge on any atom is -0.388 e. The summed E-state index contributed by atoms with van der Waals surface area (Å²) in [4.78, 5) is 0. The topological polar surface area (TPSA) is 12.0 Å². The number of anilines is 1. The van der Waals surface area contributed by atoms with Crippen molar-refractivity contribution in [3.05, 3.63) is 27.3 Å². The van der Waals surface area contributed by atoms with E-state index in [1.807, 2.05) is 7.05 Å². The number of hydrogen-bond acceptors (Lipinski definition) is 1. The fourth-order valence-electron chi connectivity index (χ4n) is 1.14. The van der Waals surface area contributed by atoms with E-state index in [4.69, 9.17) is 0 Å². The fourth-order valence-corrected chi connectivity index (χ4v) is 2.10. The zero-order chi connectivity index (χ0) is 9.14. The number of benzene rings is 1. The third kappa shape index (κ3) is 2.12. The number of nitrogens with one attached hydrogen (secondary N) is 1. The molecule has 1 aromatic carbocycles. The smallest absolute Gasteiger partial charge is 0.0341 e. The lowest BCUT2D eigenvalue weighted by Crippen LogP contribution is -1.95. The molecule has 0 fully saturated rings. The lowest BCUT2D eigenvalue weighted by Gasteiger charge is -2.10. The summed E-state index contributed by atoms with van der Waals surface area (Å²) in [6.45, 7) is 4.44. The third-order valence-electron chi connectivity index (χ3n) is 1.91. The zero-order valence-corrected chi connectivity index (χ0v) is 9.84. The standard InChI is InChI=1S/C10H14IN/c1-7(2)9-6-8(12-3)4-5-10(9)11/h4-7,12H,1-3H3. The van der Waals surface area contributed by atoms with E-state index in [1.54, 1.807) is 0 Å². The van der Waals surface area contributed by atoms with E-state index in [0.29, 0.717) is 5.92 Å². The minimum absolute atomic E-state index is 0.602. The molecule has 66 valence electrons. The highest BCUT2D eigenvalue weighted by molar-refractivity contribution is 14.1. The van der Waals surface area contributed by atoms with Crippen molar-refractivity contribution in [3.63, 3.8) is 0 Å². The van der Waals surface area contributed by atoms with Gasteiger partial charge in [0.2, 0.25) is 0 Å². The summed E-state index contributed by atoms with van der Waals surface area (Å²) in [6.07, 6.45) is 0. The molecule has 0 spiro atoms. The van der Waals surface area contributed by atoms with Gasteiger partial charge < -0.3 is 5.32 Å². The minimum atomic E-state index is 0.602. The van der Waals surface area contributed by atoms with E-state index in [2.05, 4.69) is 60.0 Å². The molecule has 0 aromatic heterocycles. The molecular weight excluding hydrogens is 261 g/mol. The van der Waals surface area contributed by atoms with Crippen LogP contribution >= 0.6 is 22.6 Å². The summed E-state index contributed by atoms with van der Waals surface area (Å²) in [6, 6.07) is 6.47. The molecule has 0 aliphatic carbocycles. The van der Waals surface area contributed by atoms with Crippen LogP contribution in [0.15, 0.2) is 18.2 Å². The van der Waals surface area contributed by atoms with Crippen molar-refractivity contribution in [3.8, 4) is 0 Å². The zero-order valence-electron chi connectivity index (χ0n) is 7.69. The van der Waals surface area contributed by atoms with Crippen LogP contribution in [0.5, 0.6) is 0 Å². The molecule has 12 heavy (non-hydrogen) atoms. The molecule has 0 unspecified atom stereocenters. The number of hydrogen-bond donors (Lipinski definition) is 1. The van der Waals surface area contributed by atoms with Crippen LogP contribution in [-0.2, 0) is 0 Å². The normalized spacial score (nSPS) is 10.4. The highest BCUT2D eigenvalue weighted by Crippen LogP contribution is 2.24. The van der Waals surface area contributed by atoms with Gasteiger partial charge in [-0.2, -0.15) is 0 Å². The van der Waals surface area contributed by atoms with E-state index in [9.17, 15) is 0 Å². The van der Waals surface area contributed by atoms with Gasteiger partial charge in [-0.3, -0.25) is 0 Å². The summed E-state index contributed by atoms with van der Waals surface area (Å²) in [5.74, 6) is 0.602. The van der Waals surface area contributed by atoms with Crippen LogP contribution in [0.4, 0.5) is 5.69 Å². The van der Waals surface area contributed by atoms with Crippen molar-refractivity contribution in [2.75, 3.05) is 12.4 Å². The Hall–Kier alpha value is -0.250. The molecule has 1 rings (SSSR count). The highest BCUT2D eigenvalue weighted by Gasteiger charge is 2.04. The van der Waals surface area contributed by atoms with Gasteiger partial charge in [-0.05, 0) is 52.3 Å². The maximum Gasteiger partial charge on any atom is 0.0341 e. The van der Waals surface area contributed by atoms with Gasteiger partial charge in [0.25, 0.3) is 0 Å². The van der Waals surface area contributed by atoms with Crippen LogP contribution in [-0.4, -0.2) is 7.05 Å². The van der Waals surface area contributed by atoms with Crippen LogP contribution in [0.25, 0.3) is 0 Å². The Morgan fingerprint density at radius 1 is 1.33 bits per heavy atom. The first-order valence-corrected chi connectivity index (χ1v) is 5.20.